The topological polar surface area (TPSA) is 185 Å². The summed E-state index contributed by atoms with van der Waals surface area (Å²) in [5.74, 6) is -6.90. The maximum absolute atomic E-state index is 12.9. The van der Waals surface area contributed by atoms with Crippen molar-refractivity contribution >= 4 is 46.4 Å². The van der Waals surface area contributed by atoms with Gasteiger partial charge in [0.05, 0.1) is 21.2 Å². The highest BCUT2D eigenvalue weighted by Gasteiger charge is 2.55. The number of carbonyl (C=O) groups excluding carboxylic acids is 4. The van der Waals surface area contributed by atoms with E-state index in [0.717, 1.165) is 34.3 Å². The Morgan fingerprint density at radius 1 is 0.625 bits per heavy atom. The Balaban J connectivity index is 1.57. The van der Waals surface area contributed by atoms with E-state index in [2.05, 4.69) is 10.9 Å². The fraction of sp³-hybridized carbons (Fsp3) is 0.111. The number of nitrogens with one attached hydrogen (secondary N) is 2. The van der Waals surface area contributed by atoms with E-state index in [0.29, 0.717) is 0 Å². The molecule has 32 heavy (non-hydrogen) atoms. The highest BCUT2D eigenvalue weighted by atomic mass is 16.6. The number of hydrazine groups is 2. The summed E-state index contributed by atoms with van der Waals surface area (Å²) in [7, 11) is 0. The van der Waals surface area contributed by atoms with Crippen molar-refractivity contribution in [2.45, 2.75) is 0 Å². The first kappa shape index (κ1) is 20.4. The lowest BCUT2D eigenvalue weighted by atomic mass is 9.91. The average Bonchev–Trinajstić information content (AvgIpc) is 3.22. The molecule has 2 aliphatic heterocycles. The van der Waals surface area contributed by atoms with Crippen LogP contribution in [0.2, 0.25) is 0 Å². The lowest BCUT2D eigenvalue weighted by molar-refractivity contribution is -0.385. The van der Waals surface area contributed by atoms with E-state index in [9.17, 15) is 39.4 Å². The van der Waals surface area contributed by atoms with Crippen LogP contribution in [0, 0.1) is 32.1 Å². The second-order valence-corrected chi connectivity index (χ2v) is 6.80. The van der Waals surface area contributed by atoms with Crippen LogP contribution in [0.1, 0.15) is 0 Å². The molecule has 14 nitrogen and oxygen atoms in total. The smallest absolute Gasteiger partial charge is 0.269 e. The number of carbonyl (C=O) groups is 4. The molecule has 2 aliphatic rings. The summed E-state index contributed by atoms with van der Waals surface area (Å²) in [6.45, 7) is 0. The van der Waals surface area contributed by atoms with Gasteiger partial charge in [0.1, 0.15) is 11.8 Å². The molecule has 2 N–H and O–H groups in total. The van der Waals surface area contributed by atoms with E-state index in [4.69, 9.17) is 0 Å². The van der Waals surface area contributed by atoms with Gasteiger partial charge in [0.25, 0.3) is 35.0 Å². The van der Waals surface area contributed by atoms with Gasteiger partial charge in [0.15, 0.2) is 0 Å². The zero-order valence-electron chi connectivity index (χ0n) is 15.8. The number of benzene rings is 2. The number of hydrogen-bond acceptors (Lipinski definition) is 8. The molecular formula is C18H12N6O8. The average molecular weight is 440 g/mol. The highest BCUT2D eigenvalue weighted by molar-refractivity contribution is 6.24. The zero-order valence-corrected chi connectivity index (χ0v) is 15.8. The van der Waals surface area contributed by atoms with E-state index in [1.165, 1.54) is 24.3 Å². The molecule has 0 radical (unpaired) electrons. The van der Waals surface area contributed by atoms with Gasteiger partial charge in [-0.05, 0) is 24.3 Å². The number of rotatable bonds is 5. The SMILES string of the molecule is O=C1NN(c2ccc([N+](=O)[O-])cc2)C(=O)C1C1C(=O)NN(c2ccc([N+](=O)[O-])cc2)C1=O. The highest BCUT2D eigenvalue weighted by Crippen LogP contribution is 2.31. The molecule has 0 aliphatic carbocycles. The summed E-state index contributed by atoms with van der Waals surface area (Å²) in [6.07, 6.45) is 0. The minimum absolute atomic E-state index is 0.106. The number of non-ortho nitro benzene ring substituents is 2. The van der Waals surface area contributed by atoms with E-state index in [1.54, 1.807) is 0 Å². The lowest BCUT2D eigenvalue weighted by Gasteiger charge is -2.16. The van der Waals surface area contributed by atoms with E-state index in [-0.39, 0.29) is 22.7 Å². The van der Waals surface area contributed by atoms with Crippen LogP contribution in [0.5, 0.6) is 0 Å². The van der Waals surface area contributed by atoms with Gasteiger partial charge in [0.2, 0.25) is 0 Å². The normalized spacial score (nSPS) is 20.4. The number of nitro benzene ring substituents is 2. The van der Waals surface area contributed by atoms with Crippen molar-refractivity contribution < 1.29 is 29.0 Å². The lowest BCUT2D eigenvalue weighted by Crippen LogP contribution is -2.38. The quantitative estimate of drug-likeness (QED) is 0.375. The van der Waals surface area contributed by atoms with Gasteiger partial charge in [-0.25, -0.2) is 10.0 Å². The monoisotopic (exact) mass is 440 g/mol. The van der Waals surface area contributed by atoms with Gasteiger partial charge in [-0.15, -0.1) is 0 Å². The minimum atomic E-state index is -1.67. The molecule has 0 aromatic heterocycles. The van der Waals surface area contributed by atoms with Crippen LogP contribution in [0.4, 0.5) is 22.7 Å². The van der Waals surface area contributed by atoms with Gasteiger partial charge >= 0.3 is 0 Å². The van der Waals surface area contributed by atoms with Crippen molar-refractivity contribution in [2.75, 3.05) is 10.0 Å². The van der Waals surface area contributed by atoms with Crippen molar-refractivity contribution in [3.8, 4) is 0 Å². The first-order chi connectivity index (χ1) is 15.2. The van der Waals surface area contributed by atoms with Crippen LogP contribution < -0.4 is 20.9 Å². The Hall–Kier alpha value is -4.88. The number of hydrogen-bond donors (Lipinski definition) is 2. The Kier molecular flexibility index (Phi) is 4.73. The number of anilines is 2. The third kappa shape index (κ3) is 3.24. The Labute approximate surface area is 177 Å². The van der Waals surface area contributed by atoms with Crippen LogP contribution in [0.25, 0.3) is 0 Å². The Morgan fingerprint density at radius 2 is 0.938 bits per heavy atom. The molecule has 2 unspecified atom stereocenters. The second kappa shape index (κ2) is 7.42. The summed E-state index contributed by atoms with van der Waals surface area (Å²) < 4.78 is 0. The summed E-state index contributed by atoms with van der Waals surface area (Å²) in [6, 6.07) is 9.46. The van der Waals surface area contributed by atoms with E-state index < -0.39 is 45.3 Å². The molecule has 0 saturated carbocycles. The van der Waals surface area contributed by atoms with Gasteiger partial charge in [0, 0.05) is 24.3 Å². The number of amides is 4. The molecule has 162 valence electrons. The van der Waals surface area contributed by atoms with Gasteiger partial charge < -0.3 is 0 Å². The van der Waals surface area contributed by atoms with E-state index in [1.807, 2.05) is 0 Å². The van der Waals surface area contributed by atoms with Crippen LogP contribution in [-0.2, 0) is 19.2 Å². The van der Waals surface area contributed by atoms with Crippen molar-refractivity contribution in [2.24, 2.45) is 11.8 Å². The number of nitrogens with zero attached hydrogens (tertiary/aromatic N) is 4. The van der Waals surface area contributed by atoms with Crippen LogP contribution in [-0.4, -0.2) is 33.5 Å². The summed E-state index contributed by atoms with van der Waals surface area (Å²) in [5.41, 5.74) is 4.27. The molecule has 4 rings (SSSR count). The Morgan fingerprint density at radius 3 is 1.22 bits per heavy atom. The molecule has 4 amide bonds. The van der Waals surface area contributed by atoms with Crippen LogP contribution in [0.3, 0.4) is 0 Å². The zero-order chi connectivity index (χ0) is 23.2. The third-order valence-electron chi connectivity index (χ3n) is 4.95. The predicted octanol–water partition coefficient (Wildman–Crippen LogP) is 0.191. The summed E-state index contributed by atoms with van der Waals surface area (Å²) in [4.78, 5) is 71.0. The maximum Gasteiger partial charge on any atom is 0.269 e. The molecule has 2 saturated heterocycles. The molecule has 2 atom stereocenters. The molecule has 2 heterocycles. The Bertz CT molecular complexity index is 1090. The summed E-state index contributed by atoms with van der Waals surface area (Å²) >= 11 is 0. The van der Waals surface area contributed by atoms with Gasteiger partial charge in [-0.1, -0.05) is 0 Å². The molecule has 0 spiro atoms. The largest absolute Gasteiger partial charge is 0.272 e. The fourth-order valence-corrected chi connectivity index (χ4v) is 3.39. The molecule has 0 bridgehead atoms. The van der Waals surface area contributed by atoms with Crippen molar-refractivity contribution in [1.82, 2.24) is 10.9 Å². The molecule has 14 heteroatoms. The van der Waals surface area contributed by atoms with E-state index >= 15 is 0 Å². The third-order valence-corrected chi connectivity index (χ3v) is 4.95. The molecule has 2 aromatic carbocycles. The van der Waals surface area contributed by atoms with Crippen molar-refractivity contribution in [1.29, 1.82) is 0 Å². The number of nitro groups is 2. The fourth-order valence-electron chi connectivity index (χ4n) is 3.39. The predicted molar refractivity (Wildman–Crippen MR) is 104 cm³/mol. The second-order valence-electron chi connectivity index (χ2n) is 6.80. The minimum Gasteiger partial charge on any atom is -0.272 e. The molecule has 2 fully saturated rings. The van der Waals surface area contributed by atoms with Crippen molar-refractivity contribution in [3.63, 3.8) is 0 Å². The van der Waals surface area contributed by atoms with Crippen molar-refractivity contribution in [3.05, 3.63) is 68.8 Å². The maximum atomic E-state index is 12.9. The van der Waals surface area contributed by atoms with Crippen LogP contribution >= 0.6 is 0 Å². The standard InChI is InChI=1S/C18H12N6O8/c25-15-13(17(27)21(19-15)9-1-5-11(6-2-9)23(29)30)14-16(26)20-22(18(14)28)10-3-7-12(8-4-10)24(31)32/h1-8,13-14H,(H,19,25)(H,20,26). The summed E-state index contributed by atoms with van der Waals surface area (Å²) in [5, 5.41) is 23.2. The van der Waals surface area contributed by atoms with Crippen LogP contribution in [0.15, 0.2) is 48.5 Å². The van der Waals surface area contributed by atoms with Gasteiger partial charge in [-0.3, -0.25) is 50.3 Å². The molecular weight excluding hydrogens is 428 g/mol. The molecule has 2 aromatic rings. The first-order valence-corrected chi connectivity index (χ1v) is 8.97. The van der Waals surface area contributed by atoms with Gasteiger partial charge in [-0.2, -0.15) is 0 Å². The first-order valence-electron chi connectivity index (χ1n) is 8.97.